The van der Waals surface area contributed by atoms with Crippen LogP contribution in [0.25, 0.3) is 0 Å². The van der Waals surface area contributed by atoms with E-state index in [1.54, 1.807) is 0 Å². The summed E-state index contributed by atoms with van der Waals surface area (Å²) in [6, 6.07) is 0. The minimum Gasteiger partial charge on any atom is -0.481 e. The first-order chi connectivity index (χ1) is 9.49. The Morgan fingerprint density at radius 3 is 1.85 bits per heavy atom. The van der Waals surface area contributed by atoms with Gasteiger partial charge in [-0.3, -0.25) is 9.59 Å². The first-order valence-electron chi connectivity index (χ1n) is 6.79. The van der Waals surface area contributed by atoms with E-state index < -0.39 is 17.9 Å². The highest BCUT2D eigenvalue weighted by Gasteiger charge is 2.32. The van der Waals surface area contributed by atoms with Crippen LogP contribution in [0.4, 0.5) is 0 Å². The van der Waals surface area contributed by atoms with Gasteiger partial charge in [-0.2, -0.15) is 0 Å². The number of carbonyl (C=O) groups is 2. The molecule has 7 nitrogen and oxygen atoms in total. The minimum absolute atomic E-state index is 0.0401. The molecule has 0 radical (unpaired) electrons. The molecule has 20 heavy (non-hydrogen) atoms. The molecule has 0 fully saturated rings. The number of esters is 1. The predicted octanol–water partition coefficient (Wildman–Crippen LogP) is 1.55. The van der Waals surface area contributed by atoms with Gasteiger partial charge in [0, 0.05) is 19.8 Å². The number of ether oxygens (including phenoxy) is 4. The fraction of sp³-hybridized carbons (Fsp3) is 0.846. The smallest absolute Gasteiger partial charge is 0.306 e. The van der Waals surface area contributed by atoms with E-state index in [1.165, 1.54) is 0 Å². The molecule has 0 bridgehead atoms. The molecule has 0 aromatic carbocycles. The number of carboxylic acid groups (broad SMARTS) is 1. The molecule has 0 spiro atoms. The van der Waals surface area contributed by atoms with E-state index in [1.807, 2.05) is 20.8 Å². The molecule has 1 N–H and O–H groups in total. The summed E-state index contributed by atoms with van der Waals surface area (Å²) in [6.07, 6.45) is -0.173. The van der Waals surface area contributed by atoms with Gasteiger partial charge in [-0.25, -0.2) is 0 Å². The van der Waals surface area contributed by atoms with E-state index >= 15 is 0 Å². The lowest BCUT2D eigenvalue weighted by Crippen LogP contribution is -2.40. The quantitative estimate of drug-likeness (QED) is 0.431. The zero-order chi connectivity index (χ0) is 15.4. The van der Waals surface area contributed by atoms with Crippen LogP contribution in [0.15, 0.2) is 0 Å². The fourth-order valence-electron chi connectivity index (χ4n) is 1.57. The van der Waals surface area contributed by atoms with Crippen molar-refractivity contribution in [2.45, 2.75) is 46.0 Å². The van der Waals surface area contributed by atoms with E-state index in [9.17, 15) is 9.59 Å². The van der Waals surface area contributed by atoms with Crippen molar-refractivity contribution < 1.29 is 33.6 Å². The van der Waals surface area contributed by atoms with Gasteiger partial charge in [-0.1, -0.05) is 0 Å². The SMILES string of the molecule is CCOC(CCOC(=O)CCC(=O)O)(OCC)OCC. The van der Waals surface area contributed by atoms with Crippen LogP contribution in [-0.4, -0.2) is 49.4 Å². The third kappa shape index (κ3) is 8.08. The molecule has 0 aromatic heterocycles. The van der Waals surface area contributed by atoms with Crippen LogP contribution in [0, 0.1) is 0 Å². The van der Waals surface area contributed by atoms with Gasteiger partial charge in [0.05, 0.1) is 25.9 Å². The Bertz CT molecular complexity index is 273. The molecule has 0 aromatic rings. The monoisotopic (exact) mass is 292 g/mol. The average Bonchev–Trinajstić information content (AvgIpc) is 2.37. The first kappa shape index (κ1) is 18.8. The third-order valence-corrected chi connectivity index (χ3v) is 2.31. The highest BCUT2D eigenvalue weighted by molar-refractivity contribution is 5.76. The molecule has 0 aliphatic heterocycles. The highest BCUT2D eigenvalue weighted by Crippen LogP contribution is 2.20. The number of aliphatic carboxylic acids is 1. The van der Waals surface area contributed by atoms with Crippen molar-refractivity contribution in [2.24, 2.45) is 0 Å². The Balaban J connectivity index is 4.23. The maximum atomic E-state index is 11.3. The van der Waals surface area contributed by atoms with Crippen molar-refractivity contribution in [3.8, 4) is 0 Å². The van der Waals surface area contributed by atoms with E-state index in [0.29, 0.717) is 19.8 Å². The van der Waals surface area contributed by atoms with Crippen molar-refractivity contribution in [3.63, 3.8) is 0 Å². The average molecular weight is 292 g/mol. The lowest BCUT2D eigenvalue weighted by Gasteiger charge is -2.32. The van der Waals surface area contributed by atoms with E-state index in [0.717, 1.165) is 0 Å². The second kappa shape index (κ2) is 10.6. The second-order valence-electron chi connectivity index (χ2n) is 3.85. The largest absolute Gasteiger partial charge is 0.481 e. The Morgan fingerprint density at radius 2 is 1.45 bits per heavy atom. The number of carboxylic acids is 1. The molecule has 0 saturated carbocycles. The van der Waals surface area contributed by atoms with Crippen molar-refractivity contribution >= 4 is 11.9 Å². The Hall–Kier alpha value is -1.18. The van der Waals surface area contributed by atoms with Crippen LogP contribution in [-0.2, 0) is 28.5 Å². The fourth-order valence-corrected chi connectivity index (χ4v) is 1.57. The summed E-state index contributed by atoms with van der Waals surface area (Å²) in [5.74, 6) is -2.81. The maximum Gasteiger partial charge on any atom is 0.306 e. The summed E-state index contributed by atoms with van der Waals surface area (Å²) < 4.78 is 21.3. The van der Waals surface area contributed by atoms with Gasteiger partial charge in [-0.05, 0) is 20.8 Å². The van der Waals surface area contributed by atoms with Gasteiger partial charge in [0.1, 0.15) is 0 Å². The van der Waals surface area contributed by atoms with E-state index in [4.69, 9.17) is 24.1 Å². The van der Waals surface area contributed by atoms with Gasteiger partial charge in [0.15, 0.2) is 0 Å². The molecular weight excluding hydrogens is 268 g/mol. The van der Waals surface area contributed by atoms with Crippen LogP contribution in [0.2, 0.25) is 0 Å². The summed E-state index contributed by atoms with van der Waals surface area (Å²) >= 11 is 0. The molecule has 0 atom stereocenters. The Morgan fingerprint density at radius 1 is 0.950 bits per heavy atom. The van der Waals surface area contributed by atoms with Gasteiger partial charge in [-0.15, -0.1) is 0 Å². The van der Waals surface area contributed by atoms with Crippen LogP contribution in [0.5, 0.6) is 0 Å². The van der Waals surface area contributed by atoms with Crippen LogP contribution in [0.3, 0.4) is 0 Å². The van der Waals surface area contributed by atoms with Crippen LogP contribution >= 0.6 is 0 Å². The second-order valence-corrected chi connectivity index (χ2v) is 3.85. The molecule has 0 rings (SSSR count). The Labute approximate surface area is 119 Å². The number of carbonyl (C=O) groups excluding carboxylic acids is 1. The van der Waals surface area contributed by atoms with Gasteiger partial charge >= 0.3 is 11.9 Å². The predicted molar refractivity (Wildman–Crippen MR) is 70.1 cm³/mol. The number of rotatable bonds is 12. The third-order valence-electron chi connectivity index (χ3n) is 2.31. The summed E-state index contributed by atoms with van der Waals surface area (Å²) in [5.41, 5.74) is 0. The van der Waals surface area contributed by atoms with Crippen LogP contribution in [0.1, 0.15) is 40.0 Å². The normalized spacial score (nSPS) is 11.3. The highest BCUT2D eigenvalue weighted by atomic mass is 16.9. The molecule has 7 heteroatoms. The molecule has 0 unspecified atom stereocenters. The van der Waals surface area contributed by atoms with Crippen molar-refractivity contribution in [3.05, 3.63) is 0 Å². The van der Waals surface area contributed by atoms with Gasteiger partial charge < -0.3 is 24.1 Å². The van der Waals surface area contributed by atoms with Crippen LogP contribution < -0.4 is 0 Å². The summed E-state index contributed by atoms with van der Waals surface area (Å²) in [5, 5.41) is 8.46. The van der Waals surface area contributed by atoms with E-state index in [-0.39, 0.29) is 25.9 Å². The minimum atomic E-state index is -1.22. The van der Waals surface area contributed by atoms with Crippen molar-refractivity contribution in [1.29, 1.82) is 0 Å². The molecule has 118 valence electrons. The Kier molecular flexibility index (Phi) is 9.96. The molecule has 0 aliphatic rings. The molecular formula is C13H24O7. The zero-order valence-electron chi connectivity index (χ0n) is 12.3. The first-order valence-corrected chi connectivity index (χ1v) is 6.79. The molecule has 0 amide bonds. The zero-order valence-corrected chi connectivity index (χ0v) is 12.3. The number of hydrogen-bond donors (Lipinski definition) is 1. The summed E-state index contributed by atoms with van der Waals surface area (Å²) in [6.45, 7) is 6.66. The van der Waals surface area contributed by atoms with Crippen molar-refractivity contribution in [2.75, 3.05) is 26.4 Å². The lowest BCUT2D eigenvalue weighted by molar-refractivity contribution is -0.381. The molecule has 0 heterocycles. The molecule has 0 aliphatic carbocycles. The molecule has 0 saturated heterocycles. The topological polar surface area (TPSA) is 91.3 Å². The maximum absolute atomic E-state index is 11.3. The summed E-state index contributed by atoms with van der Waals surface area (Å²) in [4.78, 5) is 21.6. The number of hydrogen-bond acceptors (Lipinski definition) is 6. The van der Waals surface area contributed by atoms with Gasteiger partial charge in [0.2, 0.25) is 0 Å². The van der Waals surface area contributed by atoms with Crippen molar-refractivity contribution in [1.82, 2.24) is 0 Å². The standard InChI is InChI=1S/C13H24O7/c1-4-18-13(19-5-2,20-6-3)9-10-17-12(16)8-7-11(14)15/h4-10H2,1-3H3,(H,14,15). The van der Waals surface area contributed by atoms with Gasteiger partial charge in [0.25, 0.3) is 5.97 Å². The van der Waals surface area contributed by atoms with E-state index in [2.05, 4.69) is 0 Å². The lowest BCUT2D eigenvalue weighted by atomic mass is 10.3. The summed E-state index contributed by atoms with van der Waals surface area (Å²) in [7, 11) is 0.